The molecule has 0 heterocycles. The quantitative estimate of drug-likeness (QED) is 0.483. The fourth-order valence-electron chi connectivity index (χ4n) is 0.501. The van der Waals surface area contributed by atoms with Gasteiger partial charge in [0.2, 0.25) is 11.2 Å². The second-order valence-electron chi connectivity index (χ2n) is 2.40. The van der Waals surface area contributed by atoms with E-state index in [0.29, 0.717) is 12.6 Å². The average Bonchev–Trinajstić information content (AvgIpc) is 1.78. The first-order chi connectivity index (χ1) is 4.92. The Morgan fingerprint density at radius 3 is 2.27 bits per heavy atom. The third-order valence-corrected chi connectivity index (χ3v) is 1.38. The van der Waals surface area contributed by atoms with Gasteiger partial charge in [-0.25, -0.2) is 0 Å². The van der Waals surface area contributed by atoms with Gasteiger partial charge in [-0.05, 0) is 0 Å². The van der Waals surface area contributed by atoms with E-state index in [4.69, 9.17) is 13.7 Å². The molecule has 0 aliphatic carbocycles. The smallest absolute Gasteiger partial charge is 0.216 e. The summed E-state index contributed by atoms with van der Waals surface area (Å²) in [7, 11) is 0. The van der Waals surface area contributed by atoms with Crippen LogP contribution in [0.25, 0.3) is 0 Å². The highest BCUT2D eigenvalue weighted by atomic mass is 32.3. The van der Waals surface area contributed by atoms with Crippen LogP contribution in [0.15, 0.2) is 0 Å². The van der Waals surface area contributed by atoms with Gasteiger partial charge in [0.15, 0.2) is 0 Å². The van der Waals surface area contributed by atoms with E-state index in [0.717, 1.165) is 0 Å². The van der Waals surface area contributed by atoms with Gasteiger partial charge in [0, 0.05) is 12.6 Å². The van der Waals surface area contributed by atoms with Crippen molar-refractivity contribution in [2.75, 3.05) is 13.2 Å². The largest absolute Gasteiger partial charge is 0.312 e. The molecule has 0 aliphatic heterocycles. The second kappa shape index (κ2) is 4.91. The van der Waals surface area contributed by atoms with Crippen LogP contribution in [-0.4, -0.2) is 32.9 Å². The van der Waals surface area contributed by atoms with Crippen molar-refractivity contribution >= 4 is 11.2 Å². The zero-order chi connectivity index (χ0) is 8.91. The van der Waals surface area contributed by atoms with E-state index in [1.54, 1.807) is 0 Å². The summed E-state index contributed by atoms with van der Waals surface area (Å²) in [4.78, 5) is 0. The number of hydrogen-bond acceptors (Lipinski definition) is 5. The predicted molar refractivity (Wildman–Crippen MR) is 44.6 cm³/mol. The lowest BCUT2D eigenvalue weighted by molar-refractivity contribution is 0.202. The van der Waals surface area contributed by atoms with Crippen molar-refractivity contribution in [2.45, 2.75) is 19.9 Å². The van der Waals surface area contributed by atoms with Gasteiger partial charge in [-0.1, -0.05) is 13.8 Å². The van der Waals surface area contributed by atoms with Crippen LogP contribution in [-0.2, 0) is 4.18 Å². The SMILES string of the molecule is CC(C)NCCOS(O)(O)O. The maximum Gasteiger partial charge on any atom is 0.216 e. The third kappa shape index (κ3) is 10.2. The Labute approximate surface area is 68.1 Å². The van der Waals surface area contributed by atoms with Crippen LogP contribution in [0.5, 0.6) is 0 Å². The first-order valence-electron chi connectivity index (χ1n) is 3.30. The second-order valence-corrected chi connectivity index (χ2v) is 3.57. The summed E-state index contributed by atoms with van der Waals surface area (Å²) in [5.74, 6) is 0. The van der Waals surface area contributed by atoms with E-state index in [-0.39, 0.29) is 6.61 Å². The number of hydrogen-bond donors (Lipinski definition) is 4. The average molecular weight is 185 g/mol. The highest BCUT2D eigenvalue weighted by Gasteiger charge is 2.10. The minimum Gasteiger partial charge on any atom is -0.312 e. The lowest BCUT2D eigenvalue weighted by Crippen LogP contribution is -2.27. The first kappa shape index (κ1) is 11.2. The van der Waals surface area contributed by atoms with Crippen LogP contribution in [0.2, 0.25) is 0 Å². The normalized spacial score (nSPS) is 14.0. The van der Waals surface area contributed by atoms with Crippen molar-refractivity contribution in [1.29, 1.82) is 0 Å². The lowest BCUT2D eigenvalue weighted by atomic mass is 10.4. The summed E-state index contributed by atoms with van der Waals surface area (Å²) in [6, 6.07) is 0.319. The molecule has 0 saturated heterocycles. The molecule has 0 radical (unpaired) electrons. The summed E-state index contributed by atoms with van der Waals surface area (Å²) in [6.45, 7) is 4.47. The minimum absolute atomic E-state index is 0.0804. The maximum atomic E-state index is 8.33. The molecule has 0 unspecified atom stereocenters. The molecule has 6 heteroatoms. The molecule has 0 atom stereocenters. The van der Waals surface area contributed by atoms with Crippen LogP contribution in [0.3, 0.4) is 0 Å². The van der Waals surface area contributed by atoms with Crippen molar-refractivity contribution in [2.24, 2.45) is 0 Å². The topological polar surface area (TPSA) is 82.0 Å². The summed E-state index contributed by atoms with van der Waals surface area (Å²) >= 11 is -3.76. The number of rotatable bonds is 5. The van der Waals surface area contributed by atoms with Gasteiger partial charge >= 0.3 is 0 Å². The molecule has 0 saturated carbocycles. The van der Waals surface area contributed by atoms with Gasteiger partial charge < -0.3 is 5.32 Å². The van der Waals surface area contributed by atoms with Crippen LogP contribution in [0.1, 0.15) is 13.8 Å². The zero-order valence-corrected chi connectivity index (χ0v) is 7.47. The lowest BCUT2D eigenvalue weighted by Gasteiger charge is -2.18. The van der Waals surface area contributed by atoms with Crippen LogP contribution >= 0.6 is 11.2 Å². The summed E-state index contributed by atoms with van der Waals surface area (Å²) in [6.07, 6.45) is 0. The Morgan fingerprint density at radius 1 is 1.36 bits per heavy atom. The molecule has 4 N–H and O–H groups in total. The van der Waals surface area contributed by atoms with Crippen molar-refractivity contribution in [1.82, 2.24) is 5.32 Å². The van der Waals surface area contributed by atoms with Gasteiger partial charge in [-0.2, -0.15) is 0 Å². The molecule has 0 fully saturated rings. The van der Waals surface area contributed by atoms with Crippen LogP contribution < -0.4 is 5.32 Å². The molecule has 0 rings (SSSR count). The molecule has 0 aromatic heterocycles. The molecular weight excluding hydrogens is 170 g/mol. The fraction of sp³-hybridized carbons (Fsp3) is 1.00. The Morgan fingerprint density at radius 2 is 1.91 bits per heavy atom. The summed E-state index contributed by atoms with van der Waals surface area (Å²) in [5.41, 5.74) is 0. The maximum absolute atomic E-state index is 8.33. The van der Waals surface area contributed by atoms with E-state index in [1.807, 2.05) is 13.8 Å². The van der Waals surface area contributed by atoms with Gasteiger partial charge in [-0.3, -0.25) is 17.8 Å². The van der Waals surface area contributed by atoms with Crippen molar-refractivity contribution in [3.05, 3.63) is 0 Å². The van der Waals surface area contributed by atoms with E-state index in [9.17, 15) is 0 Å². The molecule has 0 spiro atoms. The molecule has 70 valence electrons. The minimum atomic E-state index is -3.76. The van der Waals surface area contributed by atoms with E-state index >= 15 is 0 Å². The Bertz CT molecular complexity index is 103. The summed E-state index contributed by atoms with van der Waals surface area (Å²) < 4.78 is 29.2. The van der Waals surface area contributed by atoms with Gasteiger partial charge in [0.05, 0.1) is 6.61 Å². The Kier molecular flexibility index (Phi) is 4.98. The van der Waals surface area contributed by atoms with Crippen molar-refractivity contribution < 1.29 is 17.8 Å². The standard InChI is InChI=1S/C5H15NO4S/c1-5(2)6-3-4-10-11(7,8)9/h5-9H,3-4H2,1-2H3. The van der Waals surface area contributed by atoms with Crippen molar-refractivity contribution in [3.63, 3.8) is 0 Å². The molecule has 0 bridgehead atoms. The van der Waals surface area contributed by atoms with Crippen molar-refractivity contribution in [3.8, 4) is 0 Å². The molecular formula is C5H15NO4S. The molecule has 0 aromatic rings. The molecule has 0 aliphatic rings. The Hall–Kier alpha value is 0.150. The highest BCUT2D eigenvalue weighted by Crippen LogP contribution is 2.32. The molecule has 0 aromatic carbocycles. The third-order valence-electron chi connectivity index (χ3n) is 0.896. The van der Waals surface area contributed by atoms with Crippen LogP contribution in [0.4, 0.5) is 0 Å². The van der Waals surface area contributed by atoms with E-state index in [2.05, 4.69) is 9.50 Å². The number of nitrogens with one attached hydrogen (secondary N) is 1. The van der Waals surface area contributed by atoms with Gasteiger partial charge in [-0.15, -0.1) is 0 Å². The monoisotopic (exact) mass is 185 g/mol. The first-order valence-corrected chi connectivity index (χ1v) is 4.73. The zero-order valence-electron chi connectivity index (χ0n) is 6.65. The molecule has 0 amide bonds. The highest BCUT2D eigenvalue weighted by molar-refractivity contribution is 8.15. The molecule has 11 heavy (non-hydrogen) atoms. The van der Waals surface area contributed by atoms with E-state index in [1.165, 1.54) is 0 Å². The molecule has 5 nitrogen and oxygen atoms in total. The van der Waals surface area contributed by atoms with Crippen LogP contribution in [0, 0.1) is 0 Å². The van der Waals surface area contributed by atoms with E-state index < -0.39 is 11.2 Å². The van der Waals surface area contributed by atoms with Gasteiger partial charge in [0.1, 0.15) is 0 Å². The Balaban J connectivity index is 3.15. The summed E-state index contributed by atoms with van der Waals surface area (Å²) in [5, 5.41) is 2.97. The van der Waals surface area contributed by atoms with Gasteiger partial charge in [0.25, 0.3) is 0 Å². The fourth-order valence-corrected chi connectivity index (χ4v) is 0.808. The predicted octanol–water partition coefficient (Wildman–Crippen LogP) is 1.14.